The smallest absolute Gasteiger partial charge is 0.321 e. The Bertz CT molecular complexity index is 377. The zero-order valence-corrected chi connectivity index (χ0v) is 9.59. The average molecular weight is 237 g/mol. The van der Waals surface area contributed by atoms with Gasteiger partial charge in [-0.15, -0.1) is 0 Å². The molecule has 0 radical (unpaired) electrons. The summed E-state index contributed by atoms with van der Waals surface area (Å²) in [5, 5.41) is 0. The summed E-state index contributed by atoms with van der Waals surface area (Å²) in [6, 6.07) is 9.18. The van der Waals surface area contributed by atoms with E-state index in [1.807, 2.05) is 30.3 Å². The van der Waals surface area contributed by atoms with Crippen LogP contribution in [0.15, 0.2) is 30.3 Å². The molecule has 0 saturated carbocycles. The molecule has 17 heavy (non-hydrogen) atoms. The summed E-state index contributed by atoms with van der Waals surface area (Å²) in [5.74, 6) is -2.39. The second-order valence-electron chi connectivity index (χ2n) is 3.40. The number of carbonyl (C=O) groups excluding carboxylic acids is 2. The minimum absolute atomic E-state index is 0.118. The van der Waals surface area contributed by atoms with Gasteiger partial charge in [-0.3, -0.25) is 9.59 Å². The maximum absolute atomic E-state index is 11.5. The molecule has 0 aliphatic rings. The van der Waals surface area contributed by atoms with Crippen LogP contribution < -0.4 is 5.73 Å². The van der Waals surface area contributed by atoms with Crippen LogP contribution in [0.2, 0.25) is 0 Å². The van der Waals surface area contributed by atoms with Crippen LogP contribution in [0, 0.1) is 5.92 Å². The standard InChI is InChI=1S/C12H15NO4/c1-16-11(14)10(7-13)12(15)17-8-9-5-3-2-4-6-9/h2-6,10H,7-8,13H2,1H3. The third-order valence-electron chi connectivity index (χ3n) is 2.23. The molecule has 1 atom stereocenters. The molecule has 5 heteroatoms. The van der Waals surface area contributed by atoms with Crippen molar-refractivity contribution in [3.63, 3.8) is 0 Å². The summed E-state index contributed by atoms with van der Waals surface area (Å²) in [6.07, 6.45) is 0. The fraction of sp³-hybridized carbons (Fsp3) is 0.333. The Morgan fingerprint density at radius 2 is 1.88 bits per heavy atom. The van der Waals surface area contributed by atoms with Gasteiger partial charge in [0.05, 0.1) is 7.11 Å². The number of hydrogen-bond donors (Lipinski definition) is 1. The molecular weight excluding hydrogens is 222 g/mol. The molecule has 0 spiro atoms. The minimum atomic E-state index is -1.05. The van der Waals surface area contributed by atoms with Crippen LogP contribution in [0.3, 0.4) is 0 Å². The van der Waals surface area contributed by atoms with Crippen molar-refractivity contribution >= 4 is 11.9 Å². The number of rotatable bonds is 5. The van der Waals surface area contributed by atoms with Gasteiger partial charge in [-0.1, -0.05) is 30.3 Å². The van der Waals surface area contributed by atoms with Gasteiger partial charge in [0.1, 0.15) is 6.61 Å². The molecule has 1 rings (SSSR count). The second-order valence-corrected chi connectivity index (χ2v) is 3.40. The Morgan fingerprint density at radius 1 is 1.24 bits per heavy atom. The molecule has 0 saturated heterocycles. The van der Waals surface area contributed by atoms with Crippen molar-refractivity contribution in [1.82, 2.24) is 0 Å². The van der Waals surface area contributed by atoms with Gasteiger partial charge in [0.2, 0.25) is 0 Å². The lowest BCUT2D eigenvalue weighted by Gasteiger charge is -2.11. The Kier molecular flexibility index (Phi) is 5.16. The maximum atomic E-state index is 11.5. The lowest BCUT2D eigenvalue weighted by Crippen LogP contribution is -2.33. The van der Waals surface area contributed by atoms with E-state index in [0.717, 1.165) is 5.56 Å². The Labute approximate surface area is 99.5 Å². The van der Waals surface area contributed by atoms with Crippen LogP contribution in [0.1, 0.15) is 5.56 Å². The van der Waals surface area contributed by atoms with Gasteiger partial charge in [0.25, 0.3) is 0 Å². The van der Waals surface area contributed by atoms with Gasteiger partial charge in [0.15, 0.2) is 5.92 Å². The van der Waals surface area contributed by atoms with Gasteiger partial charge in [0, 0.05) is 6.54 Å². The fourth-order valence-electron chi connectivity index (χ4n) is 1.26. The van der Waals surface area contributed by atoms with Gasteiger partial charge < -0.3 is 15.2 Å². The summed E-state index contributed by atoms with van der Waals surface area (Å²) in [7, 11) is 1.20. The summed E-state index contributed by atoms with van der Waals surface area (Å²) >= 11 is 0. The van der Waals surface area contributed by atoms with Crippen LogP contribution in [-0.2, 0) is 25.7 Å². The zero-order chi connectivity index (χ0) is 12.7. The van der Waals surface area contributed by atoms with E-state index in [0.29, 0.717) is 0 Å². The molecule has 0 fully saturated rings. The normalized spacial score (nSPS) is 11.6. The van der Waals surface area contributed by atoms with Crippen molar-refractivity contribution in [2.45, 2.75) is 6.61 Å². The highest BCUT2D eigenvalue weighted by atomic mass is 16.5. The van der Waals surface area contributed by atoms with Crippen molar-refractivity contribution in [3.05, 3.63) is 35.9 Å². The molecule has 0 aliphatic heterocycles. The van der Waals surface area contributed by atoms with Crippen molar-refractivity contribution in [2.24, 2.45) is 11.7 Å². The molecule has 0 aliphatic carbocycles. The van der Waals surface area contributed by atoms with E-state index in [9.17, 15) is 9.59 Å². The molecule has 1 unspecified atom stereocenters. The van der Waals surface area contributed by atoms with E-state index in [-0.39, 0.29) is 13.2 Å². The molecule has 0 aromatic heterocycles. The Balaban J connectivity index is 2.51. The lowest BCUT2D eigenvalue weighted by atomic mass is 10.1. The zero-order valence-electron chi connectivity index (χ0n) is 9.59. The third-order valence-corrected chi connectivity index (χ3v) is 2.23. The number of hydrogen-bond acceptors (Lipinski definition) is 5. The molecule has 0 bridgehead atoms. The first-order valence-corrected chi connectivity index (χ1v) is 5.17. The van der Waals surface area contributed by atoms with Gasteiger partial charge in [-0.25, -0.2) is 0 Å². The van der Waals surface area contributed by atoms with E-state index in [1.165, 1.54) is 7.11 Å². The van der Waals surface area contributed by atoms with E-state index in [2.05, 4.69) is 4.74 Å². The van der Waals surface area contributed by atoms with Crippen LogP contribution in [0.5, 0.6) is 0 Å². The number of methoxy groups -OCH3 is 1. The third kappa shape index (κ3) is 3.88. The topological polar surface area (TPSA) is 78.6 Å². The first-order valence-electron chi connectivity index (χ1n) is 5.17. The molecular formula is C12H15NO4. The largest absolute Gasteiger partial charge is 0.468 e. The fourth-order valence-corrected chi connectivity index (χ4v) is 1.26. The van der Waals surface area contributed by atoms with Crippen LogP contribution in [0.4, 0.5) is 0 Å². The number of ether oxygens (including phenoxy) is 2. The molecule has 0 amide bonds. The van der Waals surface area contributed by atoms with Crippen LogP contribution in [0.25, 0.3) is 0 Å². The highest BCUT2D eigenvalue weighted by Gasteiger charge is 2.27. The SMILES string of the molecule is COC(=O)C(CN)C(=O)OCc1ccccc1. The number of benzene rings is 1. The molecule has 92 valence electrons. The predicted molar refractivity (Wildman–Crippen MR) is 60.8 cm³/mol. The Hall–Kier alpha value is -1.88. The highest BCUT2D eigenvalue weighted by molar-refractivity contribution is 5.95. The van der Waals surface area contributed by atoms with E-state index in [4.69, 9.17) is 10.5 Å². The number of nitrogens with two attached hydrogens (primary N) is 1. The van der Waals surface area contributed by atoms with Crippen molar-refractivity contribution in [3.8, 4) is 0 Å². The number of esters is 2. The Morgan fingerprint density at radius 3 is 2.41 bits per heavy atom. The van der Waals surface area contributed by atoms with E-state index >= 15 is 0 Å². The predicted octanol–water partition coefficient (Wildman–Crippen LogP) is 0.478. The van der Waals surface area contributed by atoms with Crippen molar-refractivity contribution < 1.29 is 19.1 Å². The first kappa shape index (κ1) is 13.2. The summed E-state index contributed by atoms with van der Waals surface area (Å²) in [6.45, 7) is -0.00648. The summed E-state index contributed by atoms with van der Waals surface area (Å²) in [4.78, 5) is 22.7. The van der Waals surface area contributed by atoms with Gasteiger partial charge >= 0.3 is 11.9 Å². The monoisotopic (exact) mass is 237 g/mol. The highest BCUT2D eigenvalue weighted by Crippen LogP contribution is 2.05. The first-order chi connectivity index (χ1) is 8.19. The molecule has 2 N–H and O–H groups in total. The second kappa shape index (κ2) is 6.65. The van der Waals surface area contributed by atoms with E-state index < -0.39 is 17.9 Å². The molecule has 0 heterocycles. The number of carbonyl (C=O) groups is 2. The van der Waals surface area contributed by atoms with Crippen LogP contribution >= 0.6 is 0 Å². The van der Waals surface area contributed by atoms with Crippen molar-refractivity contribution in [2.75, 3.05) is 13.7 Å². The molecule has 1 aromatic rings. The molecule has 5 nitrogen and oxygen atoms in total. The average Bonchev–Trinajstić information content (AvgIpc) is 2.38. The van der Waals surface area contributed by atoms with Gasteiger partial charge in [-0.2, -0.15) is 0 Å². The minimum Gasteiger partial charge on any atom is -0.468 e. The maximum Gasteiger partial charge on any atom is 0.321 e. The summed E-state index contributed by atoms with van der Waals surface area (Å²) < 4.78 is 9.44. The van der Waals surface area contributed by atoms with Crippen LogP contribution in [-0.4, -0.2) is 25.6 Å². The molecule has 1 aromatic carbocycles. The van der Waals surface area contributed by atoms with Gasteiger partial charge in [-0.05, 0) is 5.56 Å². The lowest BCUT2D eigenvalue weighted by molar-refractivity contribution is -0.160. The quantitative estimate of drug-likeness (QED) is 0.595. The van der Waals surface area contributed by atoms with E-state index in [1.54, 1.807) is 0 Å². The summed E-state index contributed by atoms with van der Waals surface area (Å²) in [5.41, 5.74) is 6.17. The van der Waals surface area contributed by atoms with Crippen molar-refractivity contribution in [1.29, 1.82) is 0 Å².